The molecule has 2 aromatic rings. The van der Waals surface area contributed by atoms with Gasteiger partial charge in [0, 0.05) is 5.56 Å². The van der Waals surface area contributed by atoms with Gasteiger partial charge in [-0.2, -0.15) is 0 Å². The first-order valence-electron chi connectivity index (χ1n) is 5.33. The van der Waals surface area contributed by atoms with Gasteiger partial charge in [-0.3, -0.25) is 0 Å². The zero-order valence-corrected chi connectivity index (χ0v) is 9.61. The largest absolute Gasteiger partial charge is 0.471 e. The van der Waals surface area contributed by atoms with E-state index in [9.17, 15) is 0 Å². The number of benzene rings is 2. The summed E-state index contributed by atoms with van der Waals surface area (Å²) >= 11 is 1.84. The fourth-order valence-electron chi connectivity index (χ4n) is 1.72. The van der Waals surface area contributed by atoms with Gasteiger partial charge < -0.3 is 4.74 Å². The predicted molar refractivity (Wildman–Crippen MR) is 67.6 cm³/mol. The molecule has 0 bridgehead atoms. The molecule has 1 aliphatic rings. The molecule has 0 saturated carbocycles. The molecule has 80 valence electrons. The van der Waals surface area contributed by atoms with Crippen molar-refractivity contribution in [2.24, 2.45) is 0 Å². The number of hydrogen-bond acceptors (Lipinski definition) is 2. The average molecular weight is 228 g/mol. The van der Waals surface area contributed by atoms with Crippen molar-refractivity contribution in [3.8, 4) is 5.75 Å². The third kappa shape index (κ3) is 1.81. The van der Waals surface area contributed by atoms with Gasteiger partial charge >= 0.3 is 0 Å². The lowest BCUT2D eigenvalue weighted by atomic mass is 10.1. The van der Waals surface area contributed by atoms with Crippen molar-refractivity contribution in [2.75, 3.05) is 5.75 Å². The molecule has 1 nitrogen and oxygen atoms in total. The molecule has 3 rings (SSSR count). The minimum Gasteiger partial charge on any atom is -0.471 e. The number of hydrogen-bond donors (Lipinski definition) is 0. The second-order valence-corrected chi connectivity index (χ2v) is 5.06. The Morgan fingerprint density at radius 1 is 0.875 bits per heavy atom. The van der Waals surface area contributed by atoms with Crippen LogP contribution in [0.2, 0.25) is 0 Å². The monoisotopic (exact) mass is 228 g/mol. The van der Waals surface area contributed by atoms with Crippen LogP contribution in [0.4, 0.5) is 0 Å². The summed E-state index contributed by atoms with van der Waals surface area (Å²) in [6.07, 6.45) is 0. The van der Waals surface area contributed by atoms with Crippen LogP contribution in [0, 0.1) is 0 Å². The van der Waals surface area contributed by atoms with E-state index in [1.807, 2.05) is 48.2 Å². The molecule has 1 atom stereocenters. The van der Waals surface area contributed by atoms with Crippen molar-refractivity contribution < 1.29 is 4.74 Å². The van der Waals surface area contributed by atoms with Gasteiger partial charge in [-0.15, -0.1) is 11.8 Å². The second kappa shape index (κ2) is 3.87. The number of para-hydroxylation sites is 1. The first-order valence-corrected chi connectivity index (χ1v) is 6.31. The van der Waals surface area contributed by atoms with E-state index >= 15 is 0 Å². The van der Waals surface area contributed by atoms with E-state index in [-0.39, 0.29) is 4.93 Å². The Hall–Kier alpha value is -1.41. The summed E-state index contributed by atoms with van der Waals surface area (Å²) in [7, 11) is 0. The molecule has 0 radical (unpaired) electrons. The Balaban J connectivity index is 1.86. The minimum atomic E-state index is -0.136. The van der Waals surface area contributed by atoms with Crippen LogP contribution in [0.3, 0.4) is 0 Å². The van der Waals surface area contributed by atoms with Gasteiger partial charge in [0.15, 0.2) is 4.93 Å². The summed E-state index contributed by atoms with van der Waals surface area (Å²) in [5, 5.41) is 0. The van der Waals surface area contributed by atoms with Crippen molar-refractivity contribution in [2.45, 2.75) is 4.93 Å². The van der Waals surface area contributed by atoms with Gasteiger partial charge in [-0.05, 0) is 12.1 Å². The minimum absolute atomic E-state index is 0.136. The van der Waals surface area contributed by atoms with Gasteiger partial charge in [0.1, 0.15) is 5.75 Å². The maximum Gasteiger partial charge on any atom is 0.189 e. The molecule has 2 heteroatoms. The molecule has 1 fully saturated rings. The molecule has 0 N–H and O–H groups in total. The molecule has 0 spiro atoms. The fraction of sp³-hybridized carbons (Fsp3) is 0.143. The summed E-state index contributed by atoms with van der Waals surface area (Å²) in [5.41, 5.74) is 1.25. The highest BCUT2D eigenvalue weighted by atomic mass is 32.2. The van der Waals surface area contributed by atoms with Gasteiger partial charge in [-0.1, -0.05) is 48.5 Å². The molecule has 16 heavy (non-hydrogen) atoms. The van der Waals surface area contributed by atoms with E-state index in [2.05, 4.69) is 24.3 Å². The van der Waals surface area contributed by atoms with Gasteiger partial charge in [0.25, 0.3) is 0 Å². The summed E-state index contributed by atoms with van der Waals surface area (Å²) in [6.45, 7) is 0. The number of thioether (sulfide) groups is 1. The Morgan fingerprint density at radius 3 is 2.00 bits per heavy atom. The van der Waals surface area contributed by atoms with E-state index in [0.29, 0.717) is 0 Å². The highest BCUT2D eigenvalue weighted by molar-refractivity contribution is 8.07. The van der Waals surface area contributed by atoms with Crippen LogP contribution in [-0.2, 0) is 4.93 Å². The molecular weight excluding hydrogens is 216 g/mol. The van der Waals surface area contributed by atoms with E-state index in [4.69, 9.17) is 4.74 Å². The standard InChI is InChI=1S/C14H12OS/c1-3-7-12(8-4-1)14(11-16-14)15-13-9-5-2-6-10-13/h1-10H,11H2. The van der Waals surface area contributed by atoms with Crippen LogP contribution >= 0.6 is 11.8 Å². The Morgan fingerprint density at radius 2 is 1.44 bits per heavy atom. The molecule has 2 aromatic carbocycles. The Labute approximate surface area is 99.4 Å². The predicted octanol–water partition coefficient (Wildman–Crippen LogP) is 3.67. The topological polar surface area (TPSA) is 9.23 Å². The number of ether oxygens (including phenoxy) is 1. The van der Waals surface area contributed by atoms with Crippen LogP contribution in [0.25, 0.3) is 0 Å². The smallest absolute Gasteiger partial charge is 0.189 e. The van der Waals surface area contributed by atoms with Crippen LogP contribution in [0.5, 0.6) is 5.75 Å². The highest BCUT2D eigenvalue weighted by Gasteiger charge is 2.48. The second-order valence-electron chi connectivity index (χ2n) is 3.82. The lowest BCUT2D eigenvalue weighted by Crippen LogP contribution is -2.15. The molecule has 1 unspecified atom stereocenters. The maximum absolute atomic E-state index is 6.06. The van der Waals surface area contributed by atoms with E-state index < -0.39 is 0 Å². The third-order valence-corrected chi connectivity index (χ3v) is 3.78. The van der Waals surface area contributed by atoms with E-state index in [1.54, 1.807) is 0 Å². The van der Waals surface area contributed by atoms with E-state index in [0.717, 1.165) is 11.5 Å². The summed E-state index contributed by atoms with van der Waals surface area (Å²) in [5.74, 6) is 1.97. The van der Waals surface area contributed by atoms with Crippen LogP contribution in [0.15, 0.2) is 60.7 Å². The zero-order chi connectivity index (χ0) is 10.8. The van der Waals surface area contributed by atoms with Crippen molar-refractivity contribution in [1.82, 2.24) is 0 Å². The molecule has 1 aliphatic heterocycles. The van der Waals surface area contributed by atoms with Crippen LogP contribution in [0.1, 0.15) is 5.56 Å². The SMILES string of the molecule is c1ccc(OC2(c3ccccc3)CS2)cc1. The highest BCUT2D eigenvalue weighted by Crippen LogP contribution is 2.54. The van der Waals surface area contributed by atoms with E-state index in [1.165, 1.54) is 5.56 Å². The first-order chi connectivity index (χ1) is 7.89. The molecule has 1 saturated heterocycles. The maximum atomic E-state index is 6.06. The van der Waals surface area contributed by atoms with Gasteiger partial charge in [-0.25, -0.2) is 0 Å². The lowest BCUT2D eigenvalue weighted by Gasteiger charge is -2.16. The Kier molecular flexibility index (Phi) is 2.37. The fourth-order valence-corrected chi connectivity index (χ4v) is 2.54. The van der Waals surface area contributed by atoms with Crippen molar-refractivity contribution in [3.63, 3.8) is 0 Å². The quantitative estimate of drug-likeness (QED) is 0.741. The lowest BCUT2D eigenvalue weighted by molar-refractivity contribution is 0.223. The third-order valence-electron chi connectivity index (χ3n) is 2.65. The van der Waals surface area contributed by atoms with Crippen molar-refractivity contribution >= 4 is 11.8 Å². The van der Waals surface area contributed by atoms with Crippen molar-refractivity contribution in [3.05, 3.63) is 66.2 Å². The summed E-state index contributed by atoms with van der Waals surface area (Å²) in [4.78, 5) is -0.136. The van der Waals surface area contributed by atoms with Gasteiger partial charge in [0.05, 0.1) is 5.75 Å². The average Bonchev–Trinajstić information content (AvgIpc) is 3.13. The zero-order valence-electron chi connectivity index (χ0n) is 8.80. The van der Waals surface area contributed by atoms with Crippen LogP contribution < -0.4 is 4.74 Å². The van der Waals surface area contributed by atoms with Crippen molar-refractivity contribution in [1.29, 1.82) is 0 Å². The molecule has 1 heterocycles. The summed E-state index contributed by atoms with van der Waals surface area (Å²) < 4.78 is 6.06. The molecule has 0 aliphatic carbocycles. The Bertz CT molecular complexity index is 463. The summed E-state index contributed by atoms with van der Waals surface area (Å²) in [6, 6.07) is 20.4. The molecule has 0 aromatic heterocycles. The number of rotatable bonds is 3. The first kappa shape index (κ1) is 9.79. The normalized spacial score (nSPS) is 22.8. The van der Waals surface area contributed by atoms with Gasteiger partial charge in [0.2, 0.25) is 0 Å². The molecule has 0 amide bonds. The molecular formula is C14H12OS. The van der Waals surface area contributed by atoms with Crippen LogP contribution in [-0.4, -0.2) is 5.75 Å².